The second kappa shape index (κ2) is 10.5. The Morgan fingerprint density at radius 1 is 1.10 bits per heavy atom. The molecule has 0 saturated carbocycles. The SMILES string of the molecule is Cc1nc(-c2nc(NC3CCN(S(C)(=O)=O)CC3)ncc2C(F)(F)F)cn1-c1ccc(CN2CCC2)cc1F. The van der Waals surface area contributed by atoms with Crippen LogP contribution in [0.25, 0.3) is 17.1 Å². The normalized spacial score (nSPS) is 17.8. The number of aromatic nitrogens is 4. The summed E-state index contributed by atoms with van der Waals surface area (Å²) in [5.74, 6) is -0.222. The third kappa shape index (κ3) is 6.07. The van der Waals surface area contributed by atoms with E-state index in [9.17, 15) is 21.6 Å². The van der Waals surface area contributed by atoms with Gasteiger partial charge in [-0.2, -0.15) is 13.2 Å². The lowest BCUT2D eigenvalue weighted by atomic mass is 10.1. The third-order valence-electron chi connectivity index (χ3n) is 7.10. The number of piperidine rings is 1. The maximum absolute atomic E-state index is 15.1. The summed E-state index contributed by atoms with van der Waals surface area (Å²) in [6, 6.07) is 4.63. The molecular formula is C25H29F4N7O2S. The summed E-state index contributed by atoms with van der Waals surface area (Å²) >= 11 is 0. The zero-order chi connectivity index (χ0) is 27.9. The van der Waals surface area contributed by atoms with Gasteiger partial charge in [-0.05, 0) is 57.0 Å². The van der Waals surface area contributed by atoms with Crippen molar-refractivity contribution in [3.8, 4) is 17.1 Å². The maximum Gasteiger partial charge on any atom is 0.420 e. The van der Waals surface area contributed by atoms with Crippen molar-refractivity contribution >= 4 is 16.0 Å². The predicted octanol–water partition coefficient (Wildman–Crippen LogP) is 3.84. The number of hydrogen-bond acceptors (Lipinski definition) is 7. The summed E-state index contributed by atoms with van der Waals surface area (Å²) in [7, 11) is -3.31. The standard InChI is InChI=1S/C25H29F4N7O2S/c1-16-31-21(15-36(16)22-5-4-17(12-20(22)26)14-34-8-3-9-34)23-19(25(27,28)29)13-30-24(33-23)32-18-6-10-35(11-7-18)39(2,37)38/h4-5,12-13,15,18H,3,6-11,14H2,1-2H3,(H,30,32,33). The molecule has 5 rings (SSSR count). The van der Waals surface area contributed by atoms with Crippen molar-refractivity contribution in [1.82, 2.24) is 28.7 Å². The van der Waals surface area contributed by atoms with Crippen LogP contribution in [0.4, 0.5) is 23.5 Å². The van der Waals surface area contributed by atoms with Crippen LogP contribution in [0.5, 0.6) is 0 Å². The van der Waals surface area contributed by atoms with E-state index in [0.29, 0.717) is 31.4 Å². The largest absolute Gasteiger partial charge is 0.420 e. The summed E-state index contributed by atoms with van der Waals surface area (Å²) in [4.78, 5) is 14.5. The Labute approximate surface area is 223 Å². The Morgan fingerprint density at radius 2 is 1.82 bits per heavy atom. The molecule has 0 amide bonds. The van der Waals surface area contributed by atoms with Crippen molar-refractivity contribution in [1.29, 1.82) is 0 Å². The van der Waals surface area contributed by atoms with Gasteiger partial charge in [0.15, 0.2) is 0 Å². The second-order valence-electron chi connectivity index (χ2n) is 9.99. The van der Waals surface area contributed by atoms with Gasteiger partial charge in [0.25, 0.3) is 0 Å². The molecule has 1 aromatic carbocycles. The van der Waals surface area contributed by atoms with Gasteiger partial charge < -0.3 is 9.88 Å². The Kier molecular flexibility index (Phi) is 7.37. The van der Waals surface area contributed by atoms with Crippen molar-refractivity contribution in [2.75, 3.05) is 37.8 Å². The first kappa shape index (κ1) is 27.5. The van der Waals surface area contributed by atoms with Crippen LogP contribution in [0.2, 0.25) is 0 Å². The van der Waals surface area contributed by atoms with E-state index in [1.54, 1.807) is 19.1 Å². The first-order valence-corrected chi connectivity index (χ1v) is 14.5. The molecule has 1 N–H and O–H groups in total. The number of anilines is 1. The first-order valence-electron chi connectivity index (χ1n) is 12.6. The highest BCUT2D eigenvalue weighted by Gasteiger charge is 2.36. The van der Waals surface area contributed by atoms with Gasteiger partial charge in [0.1, 0.15) is 28.6 Å². The molecule has 2 aliphatic rings. The van der Waals surface area contributed by atoms with E-state index >= 15 is 4.39 Å². The highest BCUT2D eigenvalue weighted by atomic mass is 32.2. The first-order chi connectivity index (χ1) is 18.4. The van der Waals surface area contributed by atoms with Crippen LogP contribution in [0.15, 0.2) is 30.6 Å². The van der Waals surface area contributed by atoms with Gasteiger partial charge >= 0.3 is 6.18 Å². The zero-order valence-electron chi connectivity index (χ0n) is 21.5. The average molecular weight is 568 g/mol. The topological polar surface area (TPSA) is 96.2 Å². The molecule has 0 unspecified atom stereocenters. The molecule has 3 aromatic rings. The number of imidazole rings is 1. The fourth-order valence-electron chi connectivity index (χ4n) is 4.84. The second-order valence-corrected chi connectivity index (χ2v) is 12.0. The van der Waals surface area contributed by atoms with E-state index in [2.05, 4.69) is 25.2 Å². The number of benzene rings is 1. The molecule has 2 fully saturated rings. The lowest BCUT2D eigenvalue weighted by Crippen LogP contribution is -2.42. The molecule has 9 nitrogen and oxygen atoms in total. The maximum atomic E-state index is 15.1. The molecule has 0 bridgehead atoms. The van der Waals surface area contributed by atoms with Crippen molar-refractivity contribution in [2.24, 2.45) is 0 Å². The van der Waals surface area contributed by atoms with Gasteiger partial charge in [-0.3, -0.25) is 4.90 Å². The number of rotatable bonds is 7. The number of alkyl halides is 3. The molecule has 2 saturated heterocycles. The Hall–Kier alpha value is -3.10. The van der Waals surface area contributed by atoms with Crippen molar-refractivity contribution in [2.45, 2.75) is 44.9 Å². The summed E-state index contributed by atoms with van der Waals surface area (Å²) in [5.41, 5.74) is -0.555. The Bertz CT molecular complexity index is 1460. The monoisotopic (exact) mass is 567 g/mol. The number of likely N-dealkylation sites (tertiary alicyclic amines) is 1. The summed E-state index contributed by atoms with van der Waals surface area (Å²) in [6.07, 6.45) is 0.475. The molecule has 4 heterocycles. The van der Waals surface area contributed by atoms with E-state index < -0.39 is 33.3 Å². The van der Waals surface area contributed by atoms with E-state index in [0.717, 1.165) is 31.3 Å². The minimum Gasteiger partial charge on any atom is -0.351 e. The minimum atomic E-state index is -4.74. The van der Waals surface area contributed by atoms with Crippen LogP contribution < -0.4 is 5.32 Å². The lowest BCUT2D eigenvalue weighted by molar-refractivity contribution is -0.137. The Morgan fingerprint density at radius 3 is 2.41 bits per heavy atom. The Balaban J connectivity index is 1.41. The molecule has 210 valence electrons. The molecule has 0 spiro atoms. The predicted molar refractivity (Wildman–Crippen MR) is 137 cm³/mol. The summed E-state index contributed by atoms with van der Waals surface area (Å²) < 4.78 is 83.0. The molecule has 2 aromatic heterocycles. The number of nitrogens with one attached hydrogen (secondary N) is 1. The minimum absolute atomic E-state index is 0.0236. The highest BCUT2D eigenvalue weighted by molar-refractivity contribution is 7.88. The molecule has 14 heteroatoms. The van der Waals surface area contributed by atoms with Gasteiger partial charge in [0.05, 0.1) is 11.9 Å². The molecule has 0 aliphatic carbocycles. The van der Waals surface area contributed by atoms with E-state index in [1.165, 1.54) is 21.1 Å². The van der Waals surface area contributed by atoms with Crippen LogP contribution in [0.3, 0.4) is 0 Å². The van der Waals surface area contributed by atoms with Gasteiger partial charge in [0, 0.05) is 38.1 Å². The quantitative estimate of drug-likeness (QED) is 0.434. The average Bonchev–Trinajstić information content (AvgIpc) is 3.22. The van der Waals surface area contributed by atoms with Crippen LogP contribution in [-0.2, 0) is 22.7 Å². The van der Waals surface area contributed by atoms with Gasteiger partial charge in [-0.25, -0.2) is 32.1 Å². The van der Waals surface area contributed by atoms with Crippen molar-refractivity contribution in [3.63, 3.8) is 0 Å². The highest BCUT2D eigenvalue weighted by Crippen LogP contribution is 2.36. The van der Waals surface area contributed by atoms with Gasteiger partial charge in [0.2, 0.25) is 16.0 Å². The van der Waals surface area contributed by atoms with E-state index in [-0.39, 0.29) is 36.5 Å². The van der Waals surface area contributed by atoms with Crippen molar-refractivity contribution < 1.29 is 26.0 Å². The third-order valence-corrected chi connectivity index (χ3v) is 8.40. The fraction of sp³-hybridized carbons (Fsp3) is 0.480. The molecule has 0 radical (unpaired) electrons. The number of sulfonamides is 1. The fourth-order valence-corrected chi connectivity index (χ4v) is 5.72. The number of halogens is 4. The number of hydrogen-bond donors (Lipinski definition) is 1. The summed E-state index contributed by atoms with van der Waals surface area (Å²) in [6.45, 7) is 4.76. The van der Waals surface area contributed by atoms with Crippen LogP contribution in [0.1, 0.15) is 36.2 Å². The molecule has 0 atom stereocenters. The molecule has 2 aliphatic heterocycles. The molecular weight excluding hydrogens is 538 g/mol. The summed E-state index contributed by atoms with van der Waals surface area (Å²) in [5, 5.41) is 3.03. The zero-order valence-corrected chi connectivity index (χ0v) is 22.4. The van der Waals surface area contributed by atoms with E-state index in [1.807, 2.05) is 0 Å². The van der Waals surface area contributed by atoms with E-state index in [4.69, 9.17) is 0 Å². The molecule has 39 heavy (non-hydrogen) atoms. The lowest BCUT2D eigenvalue weighted by Gasteiger charge is -2.30. The van der Waals surface area contributed by atoms with Crippen LogP contribution in [0, 0.1) is 12.7 Å². The smallest absolute Gasteiger partial charge is 0.351 e. The van der Waals surface area contributed by atoms with Crippen LogP contribution in [-0.4, -0.2) is 75.6 Å². The van der Waals surface area contributed by atoms with Gasteiger partial charge in [-0.15, -0.1) is 0 Å². The van der Waals surface area contributed by atoms with Crippen molar-refractivity contribution in [3.05, 3.63) is 53.4 Å². The van der Waals surface area contributed by atoms with Crippen LogP contribution >= 0.6 is 0 Å². The van der Waals surface area contributed by atoms with Gasteiger partial charge in [-0.1, -0.05) is 6.07 Å². The number of aryl methyl sites for hydroxylation is 1. The number of nitrogens with zero attached hydrogens (tertiary/aromatic N) is 6.